The van der Waals surface area contributed by atoms with Crippen molar-refractivity contribution in [3.63, 3.8) is 0 Å². The van der Waals surface area contributed by atoms with Crippen molar-refractivity contribution in [1.29, 1.82) is 0 Å². The Morgan fingerprint density at radius 2 is 1.91 bits per heavy atom. The Hall–Kier alpha value is -1.82. The molecule has 2 amide bonds. The van der Waals surface area contributed by atoms with Crippen molar-refractivity contribution in [2.75, 3.05) is 37.7 Å². The fraction of sp³-hybridized carbons (Fsp3) is 0.562. The second-order valence-corrected chi connectivity index (χ2v) is 5.67. The molecule has 1 aliphatic rings. The van der Waals surface area contributed by atoms with Gasteiger partial charge in [-0.1, -0.05) is 0 Å². The number of aliphatic hydroxyl groups is 1. The van der Waals surface area contributed by atoms with Gasteiger partial charge >= 0.3 is 6.03 Å². The number of aliphatic hydroxyl groups excluding tert-OH is 1. The monoisotopic (exact) mass is 309 g/mol. The summed E-state index contributed by atoms with van der Waals surface area (Å²) in [7, 11) is 0. The Labute approximate surface area is 130 Å². The number of amides is 2. The summed E-state index contributed by atoms with van der Waals surface area (Å²) in [4.78, 5) is 16.1. The average Bonchev–Trinajstić information content (AvgIpc) is 2.54. The van der Waals surface area contributed by atoms with Gasteiger partial charge in [-0.3, -0.25) is 0 Å². The van der Waals surface area contributed by atoms with E-state index in [-0.39, 0.29) is 24.5 Å². The maximum absolute atomic E-state index is 12.9. The maximum atomic E-state index is 12.9. The first-order valence-corrected chi connectivity index (χ1v) is 7.77. The number of piperazine rings is 1. The average molecular weight is 309 g/mol. The van der Waals surface area contributed by atoms with Gasteiger partial charge in [0, 0.05) is 44.5 Å². The van der Waals surface area contributed by atoms with Crippen molar-refractivity contribution in [3.8, 4) is 0 Å². The van der Waals surface area contributed by atoms with E-state index >= 15 is 0 Å². The number of benzene rings is 1. The lowest BCUT2D eigenvalue weighted by molar-refractivity contribution is 0.189. The molecule has 2 N–H and O–H groups in total. The van der Waals surface area contributed by atoms with Crippen LogP contribution in [0.5, 0.6) is 0 Å². The lowest BCUT2D eigenvalue weighted by Crippen LogP contribution is -2.53. The highest BCUT2D eigenvalue weighted by molar-refractivity contribution is 5.74. The highest BCUT2D eigenvalue weighted by Crippen LogP contribution is 2.17. The number of carbonyl (C=O) groups excluding carboxylic acids is 1. The van der Waals surface area contributed by atoms with Crippen LogP contribution in [0.4, 0.5) is 14.9 Å². The first kappa shape index (κ1) is 16.5. The molecule has 1 fully saturated rings. The summed E-state index contributed by atoms with van der Waals surface area (Å²) in [5.41, 5.74) is 0.984. The second kappa shape index (κ2) is 7.98. The van der Waals surface area contributed by atoms with Gasteiger partial charge in [-0.2, -0.15) is 0 Å². The topological polar surface area (TPSA) is 55.8 Å². The van der Waals surface area contributed by atoms with Crippen LogP contribution in [-0.2, 0) is 0 Å². The molecule has 1 aromatic rings. The van der Waals surface area contributed by atoms with E-state index in [2.05, 4.69) is 10.2 Å². The molecule has 5 nitrogen and oxygen atoms in total. The van der Waals surface area contributed by atoms with Crippen molar-refractivity contribution in [2.24, 2.45) is 0 Å². The molecule has 6 heteroatoms. The molecule has 0 aliphatic carbocycles. The van der Waals surface area contributed by atoms with Crippen LogP contribution in [0.25, 0.3) is 0 Å². The first-order valence-electron chi connectivity index (χ1n) is 7.77. The Morgan fingerprint density at radius 3 is 2.50 bits per heavy atom. The van der Waals surface area contributed by atoms with E-state index in [0.717, 1.165) is 25.2 Å². The third-order valence-electron chi connectivity index (χ3n) is 3.92. The Balaban J connectivity index is 1.79. The summed E-state index contributed by atoms with van der Waals surface area (Å²) in [6.45, 7) is 4.87. The Kier molecular flexibility index (Phi) is 6.00. The Morgan fingerprint density at radius 1 is 1.27 bits per heavy atom. The minimum absolute atomic E-state index is 0.0517. The summed E-state index contributed by atoms with van der Waals surface area (Å²) in [6.07, 6.45) is 1.47. The Bertz CT molecular complexity index is 473. The van der Waals surface area contributed by atoms with Crippen LogP contribution in [0, 0.1) is 5.82 Å². The molecule has 0 saturated carbocycles. The van der Waals surface area contributed by atoms with E-state index in [9.17, 15) is 9.18 Å². The van der Waals surface area contributed by atoms with E-state index in [1.165, 1.54) is 12.1 Å². The van der Waals surface area contributed by atoms with Crippen LogP contribution in [0.15, 0.2) is 24.3 Å². The highest BCUT2D eigenvalue weighted by atomic mass is 19.1. The molecule has 122 valence electrons. The van der Waals surface area contributed by atoms with Gasteiger partial charge in [-0.05, 0) is 44.0 Å². The van der Waals surface area contributed by atoms with Crippen molar-refractivity contribution >= 4 is 11.7 Å². The quantitative estimate of drug-likeness (QED) is 0.872. The number of hydrogen-bond donors (Lipinski definition) is 2. The van der Waals surface area contributed by atoms with E-state index < -0.39 is 0 Å². The van der Waals surface area contributed by atoms with Gasteiger partial charge < -0.3 is 20.2 Å². The SMILES string of the molecule is CC(CCCO)NC(=O)N1CCN(c2ccc(F)cc2)CC1. The molecule has 1 saturated heterocycles. The fourth-order valence-corrected chi connectivity index (χ4v) is 2.59. The van der Waals surface area contributed by atoms with Crippen molar-refractivity contribution < 1.29 is 14.3 Å². The summed E-state index contributed by atoms with van der Waals surface area (Å²) in [5, 5.41) is 11.8. The molecule has 1 unspecified atom stereocenters. The molecule has 1 aromatic carbocycles. The van der Waals surface area contributed by atoms with Crippen LogP contribution < -0.4 is 10.2 Å². The molecule has 2 rings (SSSR count). The maximum Gasteiger partial charge on any atom is 0.317 e. The molecule has 1 heterocycles. The fourth-order valence-electron chi connectivity index (χ4n) is 2.59. The predicted molar refractivity (Wildman–Crippen MR) is 84.5 cm³/mol. The van der Waals surface area contributed by atoms with E-state index in [4.69, 9.17) is 5.11 Å². The van der Waals surface area contributed by atoms with Gasteiger partial charge in [0.25, 0.3) is 0 Å². The molecule has 1 aliphatic heterocycles. The molecule has 0 aromatic heterocycles. The van der Waals surface area contributed by atoms with Gasteiger partial charge in [0.2, 0.25) is 0 Å². The van der Waals surface area contributed by atoms with Crippen LogP contribution in [0.1, 0.15) is 19.8 Å². The number of hydrogen-bond acceptors (Lipinski definition) is 3. The van der Waals surface area contributed by atoms with Gasteiger partial charge in [-0.15, -0.1) is 0 Å². The molecular weight excluding hydrogens is 285 g/mol. The third kappa shape index (κ3) is 4.59. The molecule has 0 bridgehead atoms. The molecular formula is C16H24FN3O2. The van der Waals surface area contributed by atoms with Gasteiger partial charge in [0.05, 0.1) is 0 Å². The van der Waals surface area contributed by atoms with Gasteiger partial charge in [-0.25, -0.2) is 9.18 Å². The lowest BCUT2D eigenvalue weighted by Gasteiger charge is -2.36. The van der Waals surface area contributed by atoms with Gasteiger partial charge in [0.15, 0.2) is 0 Å². The van der Waals surface area contributed by atoms with Crippen molar-refractivity contribution in [1.82, 2.24) is 10.2 Å². The standard InChI is InChI=1S/C16H24FN3O2/c1-13(3-2-12-21)18-16(22)20-10-8-19(9-11-20)15-6-4-14(17)5-7-15/h4-7,13,21H,2-3,8-12H2,1H3,(H,18,22). The lowest BCUT2D eigenvalue weighted by atomic mass is 10.2. The minimum Gasteiger partial charge on any atom is -0.396 e. The smallest absolute Gasteiger partial charge is 0.317 e. The predicted octanol–water partition coefficient (Wildman–Crippen LogP) is 1.82. The number of nitrogens with zero attached hydrogens (tertiary/aromatic N) is 2. The van der Waals surface area contributed by atoms with Gasteiger partial charge in [0.1, 0.15) is 5.82 Å². The van der Waals surface area contributed by atoms with Crippen LogP contribution >= 0.6 is 0 Å². The normalized spacial score (nSPS) is 16.5. The number of rotatable bonds is 5. The number of halogens is 1. The third-order valence-corrected chi connectivity index (χ3v) is 3.92. The minimum atomic E-state index is -0.237. The number of carbonyl (C=O) groups is 1. The first-order chi connectivity index (χ1) is 10.6. The summed E-state index contributed by atoms with van der Waals surface area (Å²) < 4.78 is 12.9. The van der Waals surface area contributed by atoms with Crippen LogP contribution in [0.2, 0.25) is 0 Å². The summed E-state index contributed by atoms with van der Waals surface area (Å²) in [6, 6.07) is 6.46. The van der Waals surface area contributed by atoms with Crippen LogP contribution in [-0.4, -0.2) is 54.9 Å². The van der Waals surface area contributed by atoms with E-state index in [0.29, 0.717) is 19.5 Å². The zero-order chi connectivity index (χ0) is 15.9. The van der Waals surface area contributed by atoms with Crippen molar-refractivity contribution in [2.45, 2.75) is 25.8 Å². The molecule has 0 spiro atoms. The number of urea groups is 1. The zero-order valence-corrected chi connectivity index (χ0v) is 13.0. The largest absolute Gasteiger partial charge is 0.396 e. The zero-order valence-electron chi connectivity index (χ0n) is 13.0. The summed E-state index contributed by atoms with van der Waals surface area (Å²) in [5.74, 6) is -0.237. The van der Waals surface area contributed by atoms with E-state index in [1.54, 1.807) is 17.0 Å². The molecule has 0 radical (unpaired) electrons. The number of nitrogens with one attached hydrogen (secondary N) is 1. The van der Waals surface area contributed by atoms with Crippen molar-refractivity contribution in [3.05, 3.63) is 30.1 Å². The highest BCUT2D eigenvalue weighted by Gasteiger charge is 2.22. The molecule has 1 atom stereocenters. The van der Waals surface area contributed by atoms with Crippen LogP contribution in [0.3, 0.4) is 0 Å². The second-order valence-electron chi connectivity index (χ2n) is 5.67. The number of anilines is 1. The van der Waals surface area contributed by atoms with E-state index in [1.807, 2.05) is 6.92 Å². The summed E-state index contributed by atoms with van der Waals surface area (Å²) >= 11 is 0. The molecule has 22 heavy (non-hydrogen) atoms.